The minimum absolute atomic E-state index is 0.0209. The number of rotatable bonds is 1. The molecule has 1 saturated heterocycles. The van der Waals surface area contributed by atoms with Crippen LogP contribution in [-0.2, 0) is 19.1 Å². The molecule has 0 bridgehead atoms. The Morgan fingerprint density at radius 2 is 1.92 bits per heavy atom. The summed E-state index contributed by atoms with van der Waals surface area (Å²) in [6, 6.07) is 5.11. The molecule has 0 aliphatic carbocycles. The first-order valence-electron chi connectivity index (χ1n) is 7.40. The lowest BCUT2D eigenvalue weighted by molar-refractivity contribution is -0.189. The van der Waals surface area contributed by atoms with Gasteiger partial charge in [-0.2, -0.15) is 0 Å². The van der Waals surface area contributed by atoms with Gasteiger partial charge in [-0.25, -0.2) is 9.59 Å². The Bertz CT molecular complexity index is 724. The third-order valence-corrected chi connectivity index (χ3v) is 4.77. The molecular weight excluding hydrogens is 355 g/mol. The highest BCUT2D eigenvalue weighted by Crippen LogP contribution is 2.36. The Kier molecular flexibility index (Phi) is 4.46. The zero-order chi connectivity index (χ0) is 17.5. The molecular formula is C16H16Cl2N2O4. The maximum atomic E-state index is 12.0. The number of carbonyl (C=O) groups is 2. The maximum Gasteiger partial charge on any atom is 0.333 e. The molecule has 1 aromatic rings. The van der Waals surface area contributed by atoms with Gasteiger partial charge in [0.15, 0.2) is 0 Å². The molecule has 3 unspecified atom stereocenters. The van der Waals surface area contributed by atoms with Crippen molar-refractivity contribution in [1.29, 1.82) is 0 Å². The van der Waals surface area contributed by atoms with Crippen LogP contribution in [-0.4, -0.2) is 36.5 Å². The van der Waals surface area contributed by atoms with Crippen LogP contribution in [0.1, 0.15) is 13.8 Å². The smallest absolute Gasteiger partial charge is 0.333 e. The number of anilines is 1. The molecule has 2 heterocycles. The molecule has 3 rings (SSSR count). The van der Waals surface area contributed by atoms with Crippen LogP contribution >= 0.6 is 23.2 Å². The topological polar surface area (TPSA) is 67.9 Å². The molecule has 2 aliphatic rings. The van der Waals surface area contributed by atoms with Crippen LogP contribution in [0.3, 0.4) is 0 Å². The fraction of sp³-hybridized carbons (Fsp3) is 0.375. The first-order chi connectivity index (χ1) is 11.3. The molecule has 3 atom stereocenters. The van der Waals surface area contributed by atoms with Crippen molar-refractivity contribution in [2.45, 2.75) is 31.8 Å². The number of nitrogens with one attached hydrogen (secondary N) is 1. The summed E-state index contributed by atoms with van der Waals surface area (Å²) in [4.78, 5) is 25.7. The highest BCUT2D eigenvalue weighted by atomic mass is 35.5. The molecule has 2 aliphatic heterocycles. The van der Waals surface area contributed by atoms with Crippen molar-refractivity contribution in [1.82, 2.24) is 5.32 Å². The van der Waals surface area contributed by atoms with Gasteiger partial charge in [0.1, 0.15) is 0 Å². The van der Waals surface area contributed by atoms with E-state index in [-0.39, 0.29) is 6.04 Å². The van der Waals surface area contributed by atoms with E-state index in [0.29, 0.717) is 22.3 Å². The summed E-state index contributed by atoms with van der Waals surface area (Å²) in [6.45, 7) is 4.14. The molecule has 0 radical (unpaired) electrons. The number of ether oxygens (including phenoxy) is 2. The average molecular weight is 371 g/mol. The van der Waals surface area contributed by atoms with Gasteiger partial charge in [0, 0.05) is 37.3 Å². The lowest BCUT2D eigenvalue weighted by atomic mass is 10.0. The molecule has 128 valence electrons. The number of esters is 2. The quantitative estimate of drug-likeness (QED) is 0.766. The van der Waals surface area contributed by atoms with Gasteiger partial charge in [0.05, 0.1) is 10.0 Å². The van der Waals surface area contributed by atoms with Crippen LogP contribution in [0.5, 0.6) is 0 Å². The summed E-state index contributed by atoms with van der Waals surface area (Å²) in [5.74, 6) is -1.24. The molecule has 1 N–H and O–H groups in total. The van der Waals surface area contributed by atoms with Crippen molar-refractivity contribution in [2.75, 3.05) is 11.4 Å². The first-order valence-corrected chi connectivity index (χ1v) is 8.15. The van der Waals surface area contributed by atoms with Crippen molar-refractivity contribution in [3.8, 4) is 0 Å². The molecule has 6 nitrogen and oxygen atoms in total. The number of piperazine rings is 1. The first kappa shape index (κ1) is 17.1. The van der Waals surface area contributed by atoms with E-state index in [4.69, 9.17) is 32.7 Å². The van der Waals surface area contributed by atoms with Crippen LogP contribution < -0.4 is 10.2 Å². The van der Waals surface area contributed by atoms with Gasteiger partial charge in [-0.1, -0.05) is 23.2 Å². The van der Waals surface area contributed by atoms with Gasteiger partial charge in [0.2, 0.25) is 12.0 Å². The van der Waals surface area contributed by atoms with Crippen LogP contribution in [0.4, 0.5) is 5.69 Å². The second kappa shape index (κ2) is 6.27. The molecule has 24 heavy (non-hydrogen) atoms. The van der Waals surface area contributed by atoms with E-state index in [9.17, 15) is 9.59 Å². The Morgan fingerprint density at radius 1 is 1.21 bits per heavy atom. The molecule has 8 heteroatoms. The lowest BCUT2D eigenvalue weighted by Crippen LogP contribution is -2.71. The van der Waals surface area contributed by atoms with Gasteiger partial charge in [-0.3, -0.25) is 5.32 Å². The van der Waals surface area contributed by atoms with E-state index in [1.807, 2.05) is 11.8 Å². The molecule has 0 amide bonds. The fourth-order valence-corrected chi connectivity index (χ4v) is 3.15. The number of benzene rings is 1. The highest BCUT2D eigenvalue weighted by Gasteiger charge is 2.50. The van der Waals surface area contributed by atoms with Gasteiger partial charge in [0.25, 0.3) is 0 Å². The molecule has 0 spiro atoms. The number of nitrogens with zero attached hydrogens (tertiary/aromatic N) is 1. The summed E-state index contributed by atoms with van der Waals surface area (Å²) >= 11 is 12.1. The molecule has 1 fully saturated rings. The largest absolute Gasteiger partial charge is 0.437 e. The summed E-state index contributed by atoms with van der Waals surface area (Å²) in [5, 5.41) is 3.96. The number of halogens is 2. The summed E-state index contributed by atoms with van der Waals surface area (Å²) in [6.07, 6.45) is 1.26. The third-order valence-electron chi connectivity index (χ3n) is 4.03. The summed E-state index contributed by atoms with van der Waals surface area (Å²) < 4.78 is 11.0. The predicted octanol–water partition coefficient (Wildman–Crippen LogP) is 2.49. The van der Waals surface area contributed by atoms with Gasteiger partial charge in [-0.05, 0) is 25.1 Å². The van der Waals surface area contributed by atoms with Crippen LogP contribution in [0, 0.1) is 0 Å². The maximum absolute atomic E-state index is 12.0. The number of hydrogen-bond acceptors (Lipinski definition) is 6. The van der Waals surface area contributed by atoms with Crippen molar-refractivity contribution < 1.29 is 19.1 Å². The zero-order valence-corrected chi connectivity index (χ0v) is 14.6. The Labute approximate surface area is 149 Å². The predicted molar refractivity (Wildman–Crippen MR) is 89.9 cm³/mol. The number of fused-ring (bicyclic) bond motifs is 1. The Hall–Kier alpha value is -1.76. The van der Waals surface area contributed by atoms with Crippen LogP contribution in [0.25, 0.3) is 0 Å². The van der Waals surface area contributed by atoms with E-state index < -0.39 is 23.9 Å². The molecule has 0 aromatic heterocycles. The SMILES string of the molecule is CC1CN(c2ccc(Cl)c(Cl)c2)C2(C)OC(=O)/C=C/C(=O)OC2N1. The van der Waals surface area contributed by atoms with Crippen LogP contribution in [0.15, 0.2) is 30.4 Å². The molecule has 1 aromatic carbocycles. The number of carbonyl (C=O) groups excluding carboxylic acids is 2. The van der Waals surface area contributed by atoms with Crippen molar-refractivity contribution in [3.63, 3.8) is 0 Å². The highest BCUT2D eigenvalue weighted by molar-refractivity contribution is 6.42. The van der Waals surface area contributed by atoms with Gasteiger partial charge < -0.3 is 14.4 Å². The normalized spacial score (nSPS) is 31.4. The molecule has 0 saturated carbocycles. The average Bonchev–Trinajstić information content (AvgIpc) is 2.51. The Balaban J connectivity index is 2.06. The Morgan fingerprint density at radius 3 is 2.62 bits per heavy atom. The van der Waals surface area contributed by atoms with Gasteiger partial charge in [-0.15, -0.1) is 0 Å². The number of hydrogen-bond donors (Lipinski definition) is 1. The second-order valence-corrected chi connectivity index (χ2v) is 6.72. The van der Waals surface area contributed by atoms with E-state index >= 15 is 0 Å². The minimum Gasteiger partial charge on any atom is -0.437 e. The van der Waals surface area contributed by atoms with Crippen molar-refractivity contribution >= 4 is 40.8 Å². The second-order valence-electron chi connectivity index (χ2n) is 5.90. The van der Waals surface area contributed by atoms with E-state index in [1.165, 1.54) is 0 Å². The standard InChI is InChI=1S/C16H16Cl2N2O4/c1-9-8-20(10-3-4-11(17)12(18)7-10)16(2)15(19-9)23-13(21)5-6-14(22)24-16/h3-7,9,15,19H,8H2,1-2H3/b6-5+. The van der Waals surface area contributed by atoms with E-state index in [1.54, 1.807) is 25.1 Å². The summed E-state index contributed by atoms with van der Waals surface area (Å²) in [5.41, 5.74) is -0.528. The van der Waals surface area contributed by atoms with E-state index in [2.05, 4.69) is 5.32 Å². The summed E-state index contributed by atoms with van der Waals surface area (Å²) in [7, 11) is 0. The minimum atomic E-state index is -1.23. The lowest BCUT2D eigenvalue weighted by Gasteiger charge is -2.51. The van der Waals surface area contributed by atoms with Crippen molar-refractivity contribution in [2.24, 2.45) is 0 Å². The third kappa shape index (κ3) is 3.09. The van der Waals surface area contributed by atoms with E-state index in [0.717, 1.165) is 12.2 Å². The van der Waals surface area contributed by atoms with Crippen molar-refractivity contribution in [3.05, 3.63) is 40.4 Å². The fourth-order valence-electron chi connectivity index (χ4n) is 2.86. The monoisotopic (exact) mass is 370 g/mol. The van der Waals surface area contributed by atoms with Gasteiger partial charge >= 0.3 is 11.9 Å². The zero-order valence-electron chi connectivity index (χ0n) is 13.1. The van der Waals surface area contributed by atoms with Crippen LogP contribution in [0.2, 0.25) is 10.0 Å².